The molecule has 13 heterocycles. The van der Waals surface area contributed by atoms with Crippen LogP contribution in [0.5, 0.6) is 0 Å². The van der Waals surface area contributed by atoms with E-state index in [2.05, 4.69) is 133 Å². The maximum Gasteiger partial charge on any atom is 0.219 e. The van der Waals surface area contributed by atoms with E-state index in [9.17, 15) is 4.79 Å². The zero-order chi connectivity index (χ0) is 76.2. The second-order valence-corrected chi connectivity index (χ2v) is 33.9. The summed E-state index contributed by atoms with van der Waals surface area (Å²) in [6.07, 6.45) is 19.1. The molecule has 4 aromatic carbocycles. The number of hydrogen-bond donors (Lipinski definition) is 6. The number of benzene rings is 4. The Morgan fingerprint density at radius 3 is 1.06 bits per heavy atom. The lowest BCUT2D eigenvalue weighted by Crippen LogP contribution is -2.50. The Bertz CT molecular complexity index is 4990. The molecule has 5 fully saturated rings. The fourth-order valence-electron chi connectivity index (χ4n) is 15.2. The van der Waals surface area contributed by atoms with Crippen LogP contribution in [-0.4, -0.2) is 184 Å². The van der Waals surface area contributed by atoms with Crippen LogP contribution in [0.2, 0.25) is 20.1 Å². The smallest absolute Gasteiger partial charge is 0.219 e. The van der Waals surface area contributed by atoms with Crippen molar-refractivity contribution in [3.05, 3.63) is 184 Å². The van der Waals surface area contributed by atoms with Crippen LogP contribution in [0.15, 0.2) is 164 Å². The van der Waals surface area contributed by atoms with Gasteiger partial charge in [0.05, 0.1) is 65.5 Å². The molecular weight excluding hydrogens is 1730 g/mol. The molecule has 0 spiro atoms. The topological polar surface area (TPSA) is 220 Å². The van der Waals surface area contributed by atoms with E-state index in [1.807, 2.05) is 144 Å². The lowest BCUT2D eigenvalue weighted by atomic mass is 9.93. The SMILES string of the molecule is CC(=O)N1CCC(N2CCCC(CNc3cc(-c4ccccc4Cl)nc4c(Br)cnn34)C2)CC1.CN1CCCC(CNc2cc(-c3ccccc3Cl)nc3c(Br)cnn23)C1.Clc1ccccc1-c1cc(NCC2CCCNC2)n2ncc(Br)c2n1.Clc1ccccc1-c1cc(NCC2CCCNC2)n2ncc(Br)c2n1. The Morgan fingerprint density at radius 2 is 0.745 bits per heavy atom. The van der Waals surface area contributed by atoms with Crippen LogP contribution >= 0.6 is 110 Å². The molecule has 0 saturated carbocycles. The summed E-state index contributed by atoms with van der Waals surface area (Å²) in [4.78, 5) is 37.7. The average molecular weight is 1820 g/mol. The van der Waals surface area contributed by atoms with Gasteiger partial charge in [-0.1, -0.05) is 119 Å². The molecule has 22 nitrogen and oxygen atoms in total. The van der Waals surface area contributed by atoms with Crippen LogP contribution in [-0.2, 0) is 4.79 Å². The zero-order valence-corrected chi connectivity index (χ0v) is 70.7. The van der Waals surface area contributed by atoms with E-state index >= 15 is 0 Å². The van der Waals surface area contributed by atoms with Crippen molar-refractivity contribution in [2.45, 2.75) is 77.2 Å². The lowest BCUT2D eigenvalue weighted by molar-refractivity contribution is -0.130. The number of halogens is 8. The summed E-state index contributed by atoms with van der Waals surface area (Å²) >= 11 is 39.8. The summed E-state index contributed by atoms with van der Waals surface area (Å²) in [6.45, 7) is 16.0. The van der Waals surface area contributed by atoms with Gasteiger partial charge in [-0.05, 0) is 222 Å². The van der Waals surface area contributed by atoms with Crippen molar-refractivity contribution in [2.24, 2.45) is 23.7 Å². The van der Waals surface area contributed by atoms with E-state index in [0.29, 0.717) is 49.8 Å². The van der Waals surface area contributed by atoms with Crippen molar-refractivity contribution < 1.29 is 4.79 Å². The molecule has 17 rings (SSSR count). The molecule has 4 unspecified atom stereocenters. The summed E-state index contributed by atoms with van der Waals surface area (Å²) in [6, 6.07) is 39.8. The maximum absolute atomic E-state index is 11.7. The largest absolute Gasteiger partial charge is 0.370 e. The number of carbonyl (C=O) groups excluding carboxylic acids is 1. The Morgan fingerprint density at radius 1 is 0.427 bits per heavy atom. The number of aromatic nitrogens is 12. The molecule has 0 bridgehead atoms. The quantitative estimate of drug-likeness (QED) is 0.0499. The Labute approximate surface area is 694 Å². The number of nitrogens with zero attached hydrogens (tertiary/aromatic N) is 15. The van der Waals surface area contributed by atoms with Crippen LogP contribution in [0.1, 0.15) is 71.1 Å². The summed E-state index contributed by atoms with van der Waals surface area (Å²) in [5, 5.41) is 41.9. The van der Waals surface area contributed by atoms with Crippen molar-refractivity contribution in [3.63, 3.8) is 0 Å². The molecule has 30 heteroatoms. The summed E-state index contributed by atoms with van der Waals surface area (Å²) in [5.41, 5.74) is 10.1. The van der Waals surface area contributed by atoms with Crippen molar-refractivity contribution >= 4 is 162 Å². The molecular formula is C80H89Br4Cl4N21O. The number of rotatable bonds is 17. The van der Waals surface area contributed by atoms with E-state index in [0.717, 1.165) is 207 Å². The number of nitrogens with one attached hydrogen (secondary N) is 6. The van der Waals surface area contributed by atoms with Crippen LogP contribution in [0.4, 0.5) is 23.3 Å². The molecule has 0 radical (unpaired) electrons. The van der Waals surface area contributed by atoms with Crippen LogP contribution in [0.25, 0.3) is 67.6 Å². The molecule has 5 saturated heterocycles. The van der Waals surface area contributed by atoms with E-state index < -0.39 is 0 Å². The normalized spacial score (nSPS) is 18.6. The highest BCUT2D eigenvalue weighted by atomic mass is 79.9. The first-order valence-corrected chi connectivity index (χ1v) is 42.5. The molecule has 5 aliphatic heterocycles. The molecule has 12 aromatic rings. The first kappa shape index (κ1) is 79.6. The average Bonchev–Trinajstić information content (AvgIpc) is 1.60. The standard InChI is InChI=1S/C25H30BrClN6O.C19H21BrClN5.2C18H19BrClN5/c1-17(34)31-11-8-19(9-12-31)32-10-4-5-18(16-32)14-28-24-13-23(20-6-2-3-7-22(20)27)30-25-21(26)15-29-33(24)25;1-25-8-4-5-13(12-25)10-22-18-9-17(14-6-2-3-7-16(14)21)24-19-15(20)11-23-26(18)19;2*19-14-11-23-25-17(22-10-12-4-3-7-21-9-12)8-16(24-18(14)25)13-5-1-2-6-15(13)20/h2-3,6-7,13,15,18-19,28H,4-5,8-12,14,16H2,1H3;2-3,6-7,9,11,13,22H,4-5,8,10,12H2,1H3;2*1-2,5-6,8,11-12,21-22H,3-4,7,9-10H2. The molecule has 0 aliphatic carbocycles. The van der Waals surface area contributed by atoms with E-state index in [1.165, 1.54) is 57.9 Å². The Balaban J connectivity index is 0.000000123. The van der Waals surface area contributed by atoms with Gasteiger partial charge in [0.15, 0.2) is 22.6 Å². The minimum Gasteiger partial charge on any atom is -0.370 e. The highest BCUT2D eigenvalue weighted by molar-refractivity contribution is 9.11. The maximum atomic E-state index is 11.7. The monoisotopic (exact) mass is 1820 g/mol. The number of piperidine rings is 5. The number of hydrogen-bond acceptors (Lipinski definition) is 17. The van der Waals surface area contributed by atoms with Gasteiger partial charge < -0.3 is 41.7 Å². The molecule has 5 aliphatic rings. The minimum absolute atomic E-state index is 0.198. The number of fused-ring (bicyclic) bond motifs is 4. The summed E-state index contributed by atoms with van der Waals surface area (Å²) in [5.74, 6) is 6.35. The van der Waals surface area contributed by atoms with Crippen molar-refractivity contribution in [1.82, 2.24) is 83.7 Å². The zero-order valence-electron chi connectivity index (χ0n) is 61.4. The first-order valence-electron chi connectivity index (χ1n) is 37.8. The van der Waals surface area contributed by atoms with Gasteiger partial charge in [-0.25, -0.2) is 19.9 Å². The van der Waals surface area contributed by atoms with Crippen molar-refractivity contribution in [2.75, 3.05) is 120 Å². The van der Waals surface area contributed by atoms with E-state index in [-0.39, 0.29) is 5.91 Å². The molecule has 110 heavy (non-hydrogen) atoms. The summed E-state index contributed by atoms with van der Waals surface area (Å²) in [7, 11) is 2.19. The van der Waals surface area contributed by atoms with Gasteiger partial charge in [-0.3, -0.25) is 9.69 Å². The van der Waals surface area contributed by atoms with Gasteiger partial charge in [0, 0.05) is 132 Å². The fourth-order valence-corrected chi connectivity index (χ4v) is 17.6. The van der Waals surface area contributed by atoms with Crippen LogP contribution in [0, 0.1) is 23.7 Å². The van der Waals surface area contributed by atoms with E-state index in [1.54, 1.807) is 31.7 Å². The van der Waals surface area contributed by atoms with Crippen LogP contribution < -0.4 is 31.9 Å². The second-order valence-electron chi connectivity index (χ2n) is 28.9. The van der Waals surface area contributed by atoms with Gasteiger partial charge in [0.2, 0.25) is 5.91 Å². The van der Waals surface area contributed by atoms with Gasteiger partial charge in [-0.15, -0.1) is 0 Å². The molecule has 1 amide bonds. The number of carbonyl (C=O) groups is 1. The van der Waals surface area contributed by atoms with Gasteiger partial charge in [-0.2, -0.15) is 38.5 Å². The third-order valence-corrected chi connectivity index (χ3v) is 24.7. The third-order valence-electron chi connectivity index (χ3n) is 21.1. The van der Waals surface area contributed by atoms with Crippen molar-refractivity contribution in [3.8, 4) is 45.0 Å². The molecule has 8 aromatic heterocycles. The van der Waals surface area contributed by atoms with Gasteiger partial charge in [0.25, 0.3) is 0 Å². The molecule has 6 N–H and O–H groups in total. The second kappa shape index (κ2) is 37.7. The third kappa shape index (κ3) is 19.6. The fraction of sp³-hybridized carbons (Fsp3) is 0.388. The predicted octanol–water partition coefficient (Wildman–Crippen LogP) is 18.0. The van der Waals surface area contributed by atoms with Crippen LogP contribution in [0.3, 0.4) is 0 Å². The highest BCUT2D eigenvalue weighted by Crippen LogP contribution is 2.37. The Kier molecular flexibility index (Phi) is 27.3. The number of anilines is 4. The predicted molar refractivity (Wildman–Crippen MR) is 459 cm³/mol. The summed E-state index contributed by atoms with van der Waals surface area (Å²) < 4.78 is 10.8. The van der Waals surface area contributed by atoms with Gasteiger partial charge in [0.1, 0.15) is 23.3 Å². The molecule has 576 valence electrons. The van der Waals surface area contributed by atoms with Gasteiger partial charge >= 0.3 is 0 Å². The lowest BCUT2D eigenvalue weighted by Gasteiger charge is -2.42. The number of amides is 1. The minimum atomic E-state index is 0.198. The highest BCUT2D eigenvalue weighted by Gasteiger charge is 2.31. The number of likely N-dealkylation sites (tertiary alicyclic amines) is 3. The Hall–Kier alpha value is -7.05. The van der Waals surface area contributed by atoms with E-state index in [4.69, 9.17) is 66.3 Å². The first-order chi connectivity index (χ1) is 53.5. The van der Waals surface area contributed by atoms with Crippen molar-refractivity contribution in [1.29, 1.82) is 0 Å². The molecule has 4 atom stereocenters.